The number of alkyl halides is 3. The highest BCUT2D eigenvalue weighted by Crippen LogP contribution is 2.33. The van der Waals surface area contributed by atoms with Crippen molar-refractivity contribution in [2.45, 2.75) is 32.4 Å². The van der Waals surface area contributed by atoms with E-state index in [2.05, 4.69) is 16.8 Å². The number of nitrogens with one attached hydrogen (secondary N) is 1. The summed E-state index contributed by atoms with van der Waals surface area (Å²) in [5.41, 5.74) is 2.32. The number of rotatable bonds is 2. The zero-order valence-corrected chi connectivity index (χ0v) is 12.1. The topological polar surface area (TPSA) is 19.0 Å². The molecule has 1 aliphatic rings. The highest BCUT2D eigenvalue weighted by molar-refractivity contribution is 5.85. The average Bonchev–Trinajstić information content (AvgIpc) is 2.66. The van der Waals surface area contributed by atoms with Crippen molar-refractivity contribution in [3.05, 3.63) is 35.0 Å². The van der Waals surface area contributed by atoms with E-state index in [0.717, 1.165) is 50.0 Å². The molecule has 3 rings (SSSR count). The Labute approximate surface area is 121 Å². The number of H-pyrrole nitrogens is 1. The molecule has 0 unspecified atom stereocenters. The number of halogens is 3. The number of hydrogen-bond acceptors (Lipinski definition) is 1. The van der Waals surface area contributed by atoms with Gasteiger partial charge in [0.25, 0.3) is 0 Å². The van der Waals surface area contributed by atoms with Gasteiger partial charge in [0.15, 0.2) is 0 Å². The van der Waals surface area contributed by atoms with Gasteiger partial charge in [-0.25, -0.2) is 0 Å². The lowest BCUT2D eigenvalue weighted by atomic mass is 10.1. The van der Waals surface area contributed by atoms with Crippen LogP contribution in [0.25, 0.3) is 10.9 Å². The lowest BCUT2D eigenvalue weighted by Crippen LogP contribution is -2.27. The van der Waals surface area contributed by atoms with Crippen molar-refractivity contribution >= 4 is 10.9 Å². The van der Waals surface area contributed by atoms with Gasteiger partial charge in [-0.3, -0.25) is 0 Å². The van der Waals surface area contributed by atoms with Crippen LogP contribution in [0.5, 0.6) is 0 Å². The second-order valence-electron chi connectivity index (χ2n) is 5.68. The molecule has 0 saturated heterocycles. The van der Waals surface area contributed by atoms with Crippen LogP contribution in [0.4, 0.5) is 13.2 Å². The van der Waals surface area contributed by atoms with Crippen LogP contribution in [-0.2, 0) is 19.0 Å². The molecule has 1 aromatic carbocycles. The van der Waals surface area contributed by atoms with Gasteiger partial charge in [0, 0.05) is 36.1 Å². The van der Waals surface area contributed by atoms with Gasteiger partial charge in [-0.1, -0.05) is 13.0 Å². The number of hydrogen-bond donors (Lipinski definition) is 1. The summed E-state index contributed by atoms with van der Waals surface area (Å²) in [7, 11) is 0. The van der Waals surface area contributed by atoms with Crippen LogP contribution >= 0.6 is 0 Å². The molecule has 0 fully saturated rings. The third kappa shape index (κ3) is 2.79. The minimum absolute atomic E-state index is 0.584. The molecule has 1 N–H and O–H groups in total. The second-order valence-corrected chi connectivity index (χ2v) is 5.68. The standard InChI is InChI=1S/C16H19F3N2/c1-2-7-21-8-5-13-12-4-3-11(16(17,18)19)10-15(12)20-14(13)6-9-21/h3-4,10,20H,2,5-9H2,1H3. The first-order valence-electron chi connectivity index (χ1n) is 7.42. The van der Waals surface area contributed by atoms with E-state index >= 15 is 0 Å². The maximum atomic E-state index is 12.8. The van der Waals surface area contributed by atoms with Crippen molar-refractivity contribution in [3.63, 3.8) is 0 Å². The van der Waals surface area contributed by atoms with Gasteiger partial charge in [-0.05, 0) is 37.1 Å². The summed E-state index contributed by atoms with van der Waals surface area (Å²) in [4.78, 5) is 5.62. The molecule has 0 amide bonds. The van der Waals surface area contributed by atoms with Gasteiger partial charge >= 0.3 is 6.18 Å². The predicted molar refractivity (Wildman–Crippen MR) is 77.4 cm³/mol. The van der Waals surface area contributed by atoms with Crippen LogP contribution in [0.3, 0.4) is 0 Å². The van der Waals surface area contributed by atoms with E-state index in [1.807, 2.05) is 0 Å². The molecule has 114 valence electrons. The van der Waals surface area contributed by atoms with Crippen LogP contribution < -0.4 is 0 Å². The highest BCUT2D eigenvalue weighted by Gasteiger charge is 2.31. The molecule has 0 spiro atoms. The third-order valence-corrected chi connectivity index (χ3v) is 4.22. The largest absolute Gasteiger partial charge is 0.416 e. The molecule has 21 heavy (non-hydrogen) atoms. The van der Waals surface area contributed by atoms with Gasteiger partial charge in [0.1, 0.15) is 0 Å². The molecule has 1 aromatic heterocycles. The Hall–Kier alpha value is -1.49. The Kier molecular flexibility index (Phi) is 3.69. The molecule has 0 aliphatic carbocycles. The Balaban J connectivity index is 1.94. The molecule has 0 bridgehead atoms. The fourth-order valence-corrected chi connectivity index (χ4v) is 3.18. The van der Waals surface area contributed by atoms with E-state index in [4.69, 9.17) is 0 Å². The van der Waals surface area contributed by atoms with Crippen molar-refractivity contribution in [2.24, 2.45) is 0 Å². The first kappa shape index (κ1) is 14.4. The average molecular weight is 296 g/mol. The van der Waals surface area contributed by atoms with Crippen molar-refractivity contribution in [1.29, 1.82) is 0 Å². The zero-order valence-electron chi connectivity index (χ0n) is 12.1. The maximum Gasteiger partial charge on any atom is 0.416 e. The smallest absolute Gasteiger partial charge is 0.358 e. The lowest BCUT2D eigenvalue weighted by Gasteiger charge is -2.18. The normalized spacial score (nSPS) is 17.0. The van der Waals surface area contributed by atoms with Gasteiger partial charge in [0.05, 0.1) is 5.56 Å². The van der Waals surface area contributed by atoms with E-state index in [-0.39, 0.29) is 0 Å². The molecular weight excluding hydrogens is 277 g/mol. The van der Waals surface area contributed by atoms with Crippen LogP contribution in [0.15, 0.2) is 18.2 Å². The van der Waals surface area contributed by atoms with Crippen molar-refractivity contribution in [3.8, 4) is 0 Å². The summed E-state index contributed by atoms with van der Waals surface area (Å²) in [6.45, 7) is 5.20. The number of aromatic amines is 1. The predicted octanol–water partition coefficient (Wildman–Crippen LogP) is 4.00. The quantitative estimate of drug-likeness (QED) is 0.887. The first-order valence-corrected chi connectivity index (χ1v) is 7.42. The fourth-order valence-electron chi connectivity index (χ4n) is 3.18. The number of fused-ring (bicyclic) bond motifs is 3. The summed E-state index contributed by atoms with van der Waals surface area (Å²) in [5.74, 6) is 0. The SMILES string of the molecule is CCCN1CCc2[nH]c3cc(C(F)(F)F)ccc3c2CC1. The fraction of sp³-hybridized carbons (Fsp3) is 0.500. The van der Waals surface area contributed by atoms with Crippen LogP contribution in [-0.4, -0.2) is 29.5 Å². The molecule has 2 nitrogen and oxygen atoms in total. The zero-order chi connectivity index (χ0) is 15.0. The molecular formula is C16H19F3N2. The van der Waals surface area contributed by atoms with E-state index in [1.165, 1.54) is 17.7 Å². The Morgan fingerprint density at radius 1 is 1.19 bits per heavy atom. The minimum Gasteiger partial charge on any atom is -0.358 e. The summed E-state index contributed by atoms with van der Waals surface area (Å²) < 4.78 is 38.3. The van der Waals surface area contributed by atoms with Gasteiger partial charge < -0.3 is 9.88 Å². The highest BCUT2D eigenvalue weighted by atomic mass is 19.4. The maximum absolute atomic E-state index is 12.8. The van der Waals surface area contributed by atoms with Crippen molar-refractivity contribution in [1.82, 2.24) is 9.88 Å². The van der Waals surface area contributed by atoms with Gasteiger partial charge in [-0.15, -0.1) is 0 Å². The molecule has 1 aliphatic heterocycles. The number of benzene rings is 1. The summed E-state index contributed by atoms with van der Waals surface area (Å²) in [6, 6.07) is 4.03. The monoisotopic (exact) mass is 296 g/mol. The molecule has 0 atom stereocenters. The second kappa shape index (κ2) is 5.37. The van der Waals surface area contributed by atoms with E-state index < -0.39 is 11.7 Å². The Morgan fingerprint density at radius 3 is 2.67 bits per heavy atom. The minimum atomic E-state index is -4.28. The first-order chi connectivity index (χ1) is 9.99. The molecule has 2 aromatic rings. The molecule has 0 saturated carbocycles. The Bertz CT molecular complexity index is 643. The van der Waals surface area contributed by atoms with Crippen LogP contribution in [0.1, 0.15) is 30.2 Å². The molecule has 5 heteroatoms. The van der Waals surface area contributed by atoms with Crippen molar-refractivity contribution in [2.75, 3.05) is 19.6 Å². The number of aromatic nitrogens is 1. The van der Waals surface area contributed by atoms with Crippen LogP contribution in [0, 0.1) is 0 Å². The van der Waals surface area contributed by atoms with Crippen LogP contribution in [0.2, 0.25) is 0 Å². The summed E-state index contributed by atoms with van der Waals surface area (Å²) in [5, 5.41) is 0.941. The Morgan fingerprint density at radius 2 is 1.95 bits per heavy atom. The van der Waals surface area contributed by atoms with Gasteiger partial charge in [-0.2, -0.15) is 13.2 Å². The van der Waals surface area contributed by atoms with Crippen molar-refractivity contribution < 1.29 is 13.2 Å². The lowest BCUT2D eigenvalue weighted by molar-refractivity contribution is -0.137. The van der Waals surface area contributed by atoms with E-state index in [1.54, 1.807) is 6.07 Å². The molecule has 2 heterocycles. The molecule has 0 radical (unpaired) electrons. The van der Waals surface area contributed by atoms with Gasteiger partial charge in [0.2, 0.25) is 0 Å². The van der Waals surface area contributed by atoms with E-state index in [0.29, 0.717) is 5.52 Å². The summed E-state index contributed by atoms with van der Waals surface area (Å²) in [6.07, 6.45) is -1.37. The summed E-state index contributed by atoms with van der Waals surface area (Å²) >= 11 is 0. The third-order valence-electron chi connectivity index (χ3n) is 4.22. The van der Waals surface area contributed by atoms with E-state index in [9.17, 15) is 13.2 Å². The number of nitrogens with zero attached hydrogens (tertiary/aromatic N) is 1.